The third-order valence-corrected chi connectivity index (χ3v) is 5.99. The molecule has 0 amide bonds. The highest BCUT2D eigenvalue weighted by atomic mass is 35.5. The number of carboxylic acid groups (broad SMARTS) is 1. The minimum atomic E-state index is -0.756. The predicted molar refractivity (Wildman–Crippen MR) is 133 cm³/mol. The number of aromatic nitrogens is 2. The monoisotopic (exact) mass is 514 g/mol. The quantitative estimate of drug-likeness (QED) is 0.430. The van der Waals surface area contributed by atoms with Gasteiger partial charge >= 0.3 is 5.97 Å². The molecular weight excluding hydrogens is 487 g/mol. The summed E-state index contributed by atoms with van der Waals surface area (Å²) in [4.78, 5) is 17.4. The van der Waals surface area contributed by atoms with Gasteiger partial charge in [-0.3, -0.25) is 9.69 Å². The van der Waals surface area contributed by atoms with Gasteiger partial charge in [0.25, 0.3) is 5.89 Å². The van der Waals surface area contributed by atoms with Crippen LogP contribution in [0.3, 0.4) is 0 Å². The van der Waals surface area contributed by atoms with E-state index in [9.17, 15) is 14.4 Å². The van der Waals surface area contributed by atoms with Crippen molar-refractivity contribution in [2.75, 3.05) is 13.1 Å². The van der Waals surface area contributed by atoms with Crippen LogP contribution < -0.4 is 4.74 Å². The van der Waals surface area contributed by atoms with E-state index in [1.54, 1.807) is 24.3 Å². The summed E-state index contributed by atoms with van der Waals surface area (Å²) in [5.41, 5.74) is 1.94. The number of hydrogen-bond donors (Lipinski definition) is 1. The number of nitrogens with zero attached hydrogens (tertiary/aromatic N) is 4. The lowest BCUT2D eigenvalue weighted by Gasteiger charge is -2.31. The average Bonchev–Trinajstić information content (AvgIpc) is 3.30. The number of aliphatic carboxylic acids is 1. The molecular formula is C26H28ClFN4O4. The van der Waals surface area contributed by atoms with E-state index < -0.39 is 11.8 Å². The van der Waals surface area contributed by atoms with Crippen LogP contribution >= 0.6 is 12.4 Å². The molecule has 8 nitrogen and oxygen atoms in total. The molecule has 0 radical (unpaired) electrons. The van der Waals surface area contributed by atoms with Gasteiger partial charge in [-0.1, -0.05) is 11.2 Å². The van der Waals surface area contributed by atoms with Gasteiger partial charge in [-0.15, -0.1) is 12.4 Å². The van der Waals surface area contributed by atoms with Gasteiger partial charge < -0.3 is 14.4 Å². The molecule has 36 heavy (non-hydrogen) atoms. The van der Waals surface area contributed by atoms with Crippen molar-refractivity contribution in [1.29, 1.82) is 5.26 Å². The van der Waals surface area contributed by atoms with E-state index in [1.807, 2.05) is 19.9 Å². The number of hydrogen-bond acceptors (Lipinski definition) is 7. The number of benzene rings is 2. The van der Waals surface area contributed by atoms with Gasteiger partial charge in [0.1, 0.15) is 17.6 Å². The van der Waals surface area contributed by atoms with E-state index in [1.165, 1.54) is 6.07 Å². The van der Waals surface area contributed by atoms with Gasteiger partial charge in [-0.25, -0.2) is 4.39 Å². The first-order valence-corrected chi connectivity index (χ1v) is 11.6. The second-order valence-electron chi connectivity index (χ2n) is 9.04. The number of rotatable bonds is 8. The van der Waals surface area contributed by atoms with E-state index in [4.69, 9.17) is 14.4 Å². The fraction of sp³-hybridized carbons (Fsp3) is 0.385. The van der Waals surface area contributed by atoms with E-state index in [-0.39, 0.29) is 48.1 Å². The van der Waals surface area contributed by atoms with Gasteiger partial charge in [0.05, 0.1) is 17.2 Å². The highest BCUT2D eigenvalue weighted by molar-refractivity contribution is 5.85. The van der Waals surface area contributed by atoms with Crippen molar-refractivity contribution < 1.29 is 23.6 Å². The van der Waals surface area contributed by atoms with Crippen LogP contribution in [0.5, 0.6) is 5.75 Å². The lowest BCUT2D eigenvalue weighted by molar-refractivity contribution is -0.138. The molecule has 1 aliphatic rings. The highest BCUT2D eigenvalue weighted by Gasteiger charge is 2.22. The minimum Gasteiger partial charge on any atom is -0.490 e. The second-order valence-corrected chi connectivity index (χ2v) is 9.04. The molecule has 3 aromatic rings. The average molecular weight is 515 g/mol. The minimum absolute atomic E-state index is 0. The SMILES string of the molecule is CC(C)Oc1ccc(-c2nc(-c3ccc(CN4CCC(CC(=O)O)CC4)cc3F)no2)cc1C#N.Cl. The lowest BCUT2D eigenvalue weighted by atomic mass is 9.93. The molecule has 10 heteroatoms. The maximum Gasteiger partial charge on any atom is 0.303 e. The molecule has 0 unspecified atom stereocenters. The maximum absolute atomic E-state index is 14.9. The predicted octanol–water partition coefficient (Wildman–Crippen LogP) is 5.31. The zero-order valence-electron chi connectivity index (χ0n) is 20.1. The molecule has 0 spiro atoms. The Kier molecular flexibility index (Phi) is 9.02. The van der Waals surface area contributed by atoms with Gasteiger partial charge in [-0.2, -0.15) is 10.2 Å². The van der Waals surface area contributed by atoms with Crippen LogP contribution in [0.4, 0.5) is 4.39 Å². The summed E-state index contributed by atoms with van der Waals surface area (Å²) in [5.74, 6) is -0.223. The standard InChI is InChI=1S/C26H27FN4O4.ClH/c1-16(2)34-23-6-4-19(13-20(23)14-28)26-29-25(30-35-26)21-5-3-18(11-22(21)27)15-31-9-7-17(8-10-31)12-24(32)33;/h3-6,11,13,16-17H,7-10,12,15H2,1-2H3,(H,32,33);1H. The number of likely N-dealkylation sites (tertiary alicyclic amines) is 1. The molecule has 0 bridgehead atoms. The van der Waals surface area contributed by atoms with Crippen LogP contribution in [0.15, 0.2) is 40.9 Å². The molecule has 1 N–H and O–H groups in total. The Balaban J connectivity index is 0.00000361. The molecule has 0 atom stereocenters. The normalized spacial score (nSPS) is 14.3. The first kappa shape index (κ1) is 27.1. The zero-order chi connectivity index (χ0) is 24.9. The number of carbonyl (C=O) groups is 1. The van der Waals surface area contributed by atoms with Gasteiger partial charge in [0.15, 0.2) is 0 Å². The molecule has 1 fully saturated rings. The Bertz CT molecular complexity index is 1250. The fourth-order valence-electron chi connectivity index (χ4n) is 4.25. The Morgan fingerprint density at radius 1 is 1.28 bits per heavy atom. The summed E-state index contributed by atoms with van der Waals surface area (Å²) in [6, 6.07) is 12.1. The van der Waals surface area contributed by atoms with Gasteiger partial charge in [-0.05, 0) is 81.6 Å². The lowest BCUT2D eigenvalue weighted by Crippen LogP contribution is -2.33. The van der Waals surface area contributed by atoms with Crippen molar-refractivity contribution in [3.05, 3.63) is 53.3 Å². The van der Waals surface area contributed by atoms with E-state index in [0.29, 0.717) is 23.4 Å². The summed E-state index contributed by atoms with van der Waals surface area (Å²) in [7, 11) is 0. The molecule has 1 aromatic heterocycles. The van der Waals surface area contributed by atoms with Crippen molar-refractivity contribution in [3.8, 4) is 34.7 Å². The fourth-order valence-corrected chi connectivity index (χ4v) is 4.25. The van der Waals surface area contributed by atoms with Crippen molar-refractivity contribution in [1.82, 2.24) is 15.0 Å². The highest BCUT2D eigenvalue weighted by Crippen LogP contribution is 2.29. The second kappa shape index (κ2) is 12.0. The van der Waals surface area contributed by atoms with Crippen LogP contribution in [0, 0.1) is 23.1 Å². The van der Waals surface area contributed by atoms with Crippen LogP contribution in [0.25, 0.3) is 22.8 Å². The molecule has 1 saturated heterocycles. The van der Waals surface area contributed by atoms with Crippen molar-refractivity contribution >= 4 is 18.4 Å². The van der Waals surface area contributed by atoms with Gasteiger partial charge in [0.2, 0.25) is 5.82 Å². The van der Waals surface area contributed by atoms with Crippen LogP contribution in [-0.4, -0.2) is 45.3 Å². The topological polar surface area (TPSA) is 112 Å². The summed E-state index contributed by atoms with van der Waals surface area (Å²) in [6.07, 6.45) is 1.79. The van der Waals surface area contributed by atoms with Crippen LogP contribution in [0.1, 0.15) is 44.2 Å². The van der Waals surface area contributed by atoms with Crippen molar-refractivity contribution in [2.24, 2.45) is 5.92 Å². The number of halogens is 2. The van der Waals surface area contributed by atoms with Crippen molar-refractivity contribution in [2.45, 2.75) is 45.8 Å². The Hall–Kier alpha value is -3.48. The summed E-state index contributed by atoms with van der Waals surface area (Å²) in [6.45, 7) is 5.94. The smallest absolute Gasteiger partial charge is 0.303 e. The Morgan fingerprint density at radius 2 is 2.03 bits per heavy atom. The number of carboxylic acids is 1. The first-order valence-electron chi connectivity index (χ1n) is 11.6. The Labute approximate surface area is 215 Å². The third-order valence-electron chi connectivity index (χ3n) is 5.99. The summed E-state index contributed by atoms with van der Waals surface area (Å²) < 4.78 is 25.9. The molecule has 1 aliphatic heterocycles. The largest absolute Gasteiger partial charge is 0.490 e. The first-order chi connectivity index (χ1) is 16.8. The van der Waals surface area contributed by atoms with Crippen LogP contribution in [-0.2, 0) is 11.3 Å². The molecule has 190 valence electrons. The Morgan fingerprint density at radius 3 is 2.67 bits per heavy atom. The van der Waals surface area contributed by atoms with Gasteiger partial charge in [0, 0.05) is 18.5 Å². The van der Waals surface area contributed by atoms with Crippen molar-refractivity contribution in [3.63, 3.8) is 0 Å². The third kappa shape index (κ3) is 6.59. The number of piperidine rings is 1. The summed E-state index contributed by atoms with van der Waals surface area (Å²) in [5, 5.41) is 22.3. The molecule has 0 saturated carbocycles. The molecule has 2 heterocycles. The summed E-state index contributed by atoms with van der Waals surface area (Å²) >= 11 is 0. The maximum atomic E-state index is 14.9. The zero-order valence-corrected chi connectivity index (χ0v) is 20.9. The molecule has 0 aliphatic carbocycles. The van der Waals surface area contributed by atoms with Crippen LogP contribution in [0.2, 0.25) is 0 Å². The number of ether oxygens (including phenoxy) is 1. The van der Waals surface area contributed by atoms with E-state index in [0.717, 1.165) is 31.5 Å². The van der Waals surface area contributed by atoms with E-state index >= 15 is 0 Å². The molecule has 2 aromatic carbocycles. The molecule has 4 rings (SSSR count). The van der Waals surface area contributed by atoms with E-state index in [2.05, 4.69) is 21.1 Å². The number of nitriles is 1.